The first-order valence-corrected chi connectivity index (χ1v) is 5.90. The van der Waals surface area contributed by atoms with Crippen LogP contribution in [0.1, 0.15) is 24.0 Å². The van der Waals surface area contributed by atoms with Crippen molar-refractivity contribution in [3.63, 3.8) is 0 Å². The smallest absolute Gasteiger partial charge is 0.0148 e. The lowest BCUT2D eigenvalue weighted by Gasteiger charge is -2.11. The van der Waals surface area contributed by atoms with Gasteiger partial charge in [0, 0.05) is 6.04 Å². The Hall–Kier alpha value is -0.860. The first kappa shape index (κ1) is 10.7. The zero-order valence-electron chi connectivity index (χ0n) is 9.21. The number of nitrogens with two attached hydrogens (primary N) is 1. The average Bonchev–Trinajstić information content (AvgIpc) is 2.67. The quantitative estimate of drug-likeness (QED) is 0.713. The molecule has 0 amide bonds. The SMILES string of the molecule is NCCCCNC1Cc2ccccc2C1. The second kappa shape index (κ2) is 5.29. The molecule has 15 heavy (non-hydrogen) atoms. The largest absolute Gasteiger partial charge is 0.330 e. The summed E-state index contributed by atoms with van der Waals surface area (Å²) in [5.74, 6) is 0. The lowest BCUT2D eigenvalue weighted by atomic mass is 10.1. The molecule has 0 bridgehead atoms. The molecule has 3 N–H and O–H groups in total. The van der Waals surface area contributed by atoms with Gasteiger partial charge in [0.05, 0.1) is 0 Å². The highest BCUT2D eigenvalue weighted by atomic mass is 14.9. The van der Waals surface area contributed by atoms with Crippen molar-refractivity contribution in [2.75, 3.05) is 13.1 Å². The lowest BCUT2D eigenvalue weighted by molar-refractivity contribution is 0.516. The molecular weight excluding hydrogens is 184 g/mol. The van der Waals surface area contributed by atoms with Gasteiger partial charge in [-0.1, -0.05) is 24.3 Å². The molecule has 0 radical (unpaired) electrons. The Balaban J connectivity index is 1.76. The van der Waals surface area contributed by atoms with Gasteiger partial charge in [-0.15, -0.1) is 0 Å². The fourth-order valence-corrected chi connectivity index (χ4v) is 2.28. The van der Waals surface area contributed by atoms with E-state index in [9.17, 15) is 0 Å². The van der Waals surface area contributed by atoms with E-state index in [1.54, 1.807) is 0 Å². The minimum absolute atomic E-state index is 0.653. The first-order chi connectivity index (χ1) is 7.40. The molecule has 2 rings (SSSR count). The monoisotopic (exact) mass is 204 g/mol. The van der Waals surface area contributed by atoms with E-state index in [1.165, 1.54) is 30.4 Å². The molecule has 2 nitrogen and oxygen atoms in total. The molecule has 1 aliphatic rings. The van der Waals surface area contributed by atoms with Crippen molar-refractivity contribution in [3.8, 4) is 0 Å². The summed E-state index contributed by atoms with van der Waals surface area (Å²) in [6, 6.07) is 9.42. The Bertz CT molecular complexity index is 284. The van der Waals surface area contributed by atoms with E-state index in [-0.39, 0.29) is 0 Å². The highest BCUT2D eigenvalue weighted by molar-refractivity contribution is 5.33. The van der Waals surface area contributed by atoms with Crippen molar-refractivity contribution < 1.29 is 0 Å². The molecule has 1 aromatic rings. The molecule has 0 saturated carbocycles. The maximum atomic E-state index is 5.46. The van der Waals surface area contributed by atoms with E-state index >= 15 is 0 Å². The predicted molar refractivity (Wildman–Crippen MR) is 63.9 cm³/mol. The van der Waals surface area contributed by atoms with E-state index < -0.39 is 0 Å². The normalized spacial score (nSPS) is 15.5. The molecular formula is C13H20N2. The summed E-state index contributed by atoms with van der Waals surface area (Å²) >= 11 is 0. The van der Waals surface area contributed by atoms with Gasteiger partial charge in [0.2, 0.25) is 0 Å². The molecule has 0 fully saturated rings. The molecule has 0 heterocycles. The van der Waals surface area contributed by atoms with Gasteiger partial charge < -0.3 is 11.1 Å². The topological polar surface area (TPSA) is 38.0 Å². The minimum Gasteiger partial charge on any atom is -0.330 e. The summed E-state index contributed by atoms with van der Waals surface area (Å²) in [7, 11) is 0. The average molecular weight is 204 g/mol. The van der Waals surface area contributed by atoms with Crippen LogP contribution in [0, 0.1) is 0 Å². The summed E-state index contributed by atoms with van der Waals surface area (Å²) in [4.78, 5) is 0. The van der Waals surface area contributed by atoms with Crippen LogP contribution in [0.4, 0.5) is 0 Å². The van der Waals surface area contributed by atoms with Crippen LogP contribution in [0.25, 0.3) is 0 Å². The molecule has 0 saturated heterocycles. The Morgan fingerprint density at radius 1 is 1.13 bits per heavy atom. The fraction of sp³-hybridized carbons (Fsp3) is 0.538. The molecule has 0 aromatic heterocycles. The summed E-state index contributed by atoms with van der Waals surface area (Å²) in [5, 5.41) is 3.61. The van der Waals surface area contributed by atoms with Crippen LogP contribution >= 0.6 is 0 Å². The van der Waals surface area contributed by atoms with Crippen molar-refractivity contribution in [2.24, 2.45) is 5.73 Å². The van der Waals surface area contributed by atoms with Crippen molar-refractivity contribution in [1.82, 2.24) is 5.32 Å². The molecule has 0 spiro atoms. The van der Waals surface area contributed by atoms with Gasteiger partial charge in [-0.2, -0.15) is 0 Å². The fourth-order valence-electron chi connectivity index (χ4n) is 2.28. The first-order valence-electron chi connectivity index (χ1n) is 5.90. The third-order valence-corrected chi connectivity index (χ3v) is 3.11. The predicted octanol–water partition coefficient (Wildman–Crippen LogP) is 1.48. The van der Waals surface area contributed by atoms with Crippen molar-refractivity contribution >= 4 is 0 Å². The third-order valence-electron chi connectivity index (χ3n) is 3.11. The maximum absolute atomic E-state index is 5.46. The highest BCUT2D eigenvalue weighted by Crippen LogP contribution is 2.21. The van der Waals surface area contributed by atoms with E-state index in [1.807, 2.05) is 0 Å². The van der Waals surface area contributed by atoms with E-state index in [0.29, 0.717) is 6.04 Å². The van der Waals surface area contributed by atoms with Crippen LogP contribution < -0.4 is 11.1 Å². The van der Waals surface area contributed by atoms with Crippen molar-refractivity contribution in [3.05, 3.63) is 35.4 Å². The number of fused-ring (bicyclic) bond motifs is 1. The summed E-state index contributed by atoms with van der Waals surface area (Å²) < 4.78 is 0. The Kier molecular flexibility index (Phi) is 3.75. The number of nitrogens with one attached hydrogen (secondary N) is 1. The molecule has 1 aliphatic carbocycles. The van der Waals surface area contributed by atoms with Crippen LogP contribution in [0.5, 0.6) is 0 Å². The molecule has 0 unspecified atom stereocenters. The summed E-state index contributed by atoms with van der Waals surface area (Å²) in [5.41, 5.74) is 8.51. The van der Waals surface area contributed by atoms with Crippen LogP contribution in [-0.2, 0) is 12.8 Å². The van der Waals surface area contributed by atoms with Gasteiger partial charge in [0.25, 0.3) is 0 Å². The Morgan fingerprint density at radius 3 is 2.40 bits per heavy atom. The van der Waals surface area contributed by atoms with E-state index in [0.717, 1.165) is 19.5 Å². The van der Waals surface area contributed by atoms with Gasteiger partial charge in [-0.3, -0.25) is 0 Å². The second-order valence-corrected chi connectivity index (χ2v) is 4.32. The van der Waals surface area contributed by atoms with Crippen LogP contribution in [0.3, 0.4) is 0 Å². The van der Waals surface area contributed by atoms with Gasteiger partial charge in [0.15, 0.2) is 0 Å². The zero-order chi connectivity index (χ0) is 10.5. The molecule has 1 aromatic carbocycles. The minimum atomic E-state index is 0.653. The molecule has 0 atom stereocenters. The Labute approximate surface area is 91.9 Å². The van der Waals surface area contributed by atoms with E-state index in [4.69, 9.17) is 5.73 Å². The third kappa shape index (κ3) is 2.80. The molecule has 82 valence electrons. The van der Waals surface area contributed by atoms with Crippen LogP contribution in [0.15, 0.2) is 24.3 Å². The summed E-state index contributed by atoms with van der Waals surface area (Å²) in [6.45, 7) is 1.92. The second-order valence-electron chi connectivity index (χ2n) is 4.32. The van der Waals surface area contributed by atoms with Crippen molar-refractivity contribution in [1.29, 1.82) is 0 Å². The van der Waals surface area contributed by atoms with Gasteiger partial charge >= 0.3 is 0 Å². The maximum Gasteiger partial charge on any atom is 0.0148 e. The van der Waals surface area contributed by atoms with Gasteiger partial charge in [0.1, 0.15) is 0 Å². The molecule has 0 aliphatic heterocycles. The van der Waals surface area contributed by atoms with Crippen molar-refractivity contribution in [2.45, 2.75) is 31.7 Å². The van der Waals surface area contributed by atoms with E-state index in [2.05, 4.69) is 29.6 Å². The standard InChI is InChI=1S/C13H20N2/c14-7-3-4-8-15-13-9-11-5-1-2-6-12(11)10-13/h1-2,5-6,13,15H,3-4,7-10,14H2. The Morgan fingerprint density at radius 2 is 1.80 bits per heavy atom. The van der Waals surface area contributed by atoms with Crippen LogP contribution in [0.2, 0.25) is 0 Å². The zero-order valence-corrected chi connectivity index (χ0v) is 9.21. The number of benzene rings is 1. The number of unbranched alkanes of at least 4 members (excludes halogenated alkanes) is 1. The van der Waals surface area contributed by atoms with Gasteiger partial charge in [-0.05, 0) is 49.9 Å². The van der Waals surface area contributed by atoms with Gasteiger partial charge in [-0.25, -0.2) is 0 Å². The van der Waals surface area contributed by atoms with Crippen LogP contribution in [-0.4, -0.2) is 19.1 Å². The number of rotatable bonds is 5. The number of hydrogen-bond donors (Lipinski definition) is 2. The molecule has 2 heteroatoms. The highest BCUT2D eigenvalue weighted by Gasteiger charge is 2.19. The lowest BCUT2D eigenvalue weighted by Crippen LogP contribution is -2.30. The summed E-state index contributed by atoms with van der Waals surface area (Å²) in [6.07, 6.45) is 4.72. The number of hydrogen-bond acceptors (Lipinski definition) is 2.